The van der Waals surface area contributed by atoms with Gasteiger partial charge in [-0.25, -0.2) is 0 Å². The van der Waals surface area contributed by atoms with Gasteiger partial charge in [0, 0.05) is 23.2 Å². The van der Waals surface area contributed by atoms with Crippen LogP contribution in [-0.4, -0.2) is 70.3 Å². The molecule has 4 aliphatic rings. The first-order valence-electron chi connectivity index (χ1n) is 10.6. The monoisotopic (exact) mass is 434 g/mol. The van der Waals surface area contributed by atoms with Gasteiger partial charge in [0.15, 0.2) is 11.4 Å². The zero-order valence-corrected chi connectivity index (χ0v) is 18.3. The molecule has 2 saturated carbocycles. The molecule has 0 aromatic rings. The minimum absolute atomic E-state index is 0.0292. The van der Waals surface area contributed by atoms with Crippen molar-refractivity contribution in [3.8, 4) is 12.5 Å². The molecule has 3 N–H and O–H groups in total. The molecule has 8 atom stereocenters. The van der Waals surface area contributed by atoms with E-state index in [2.05, 4.69) is 6.11 Å². The van der Waals surface area contributed by atoms with Gasteiger partial charge in [-0.15, -0.1) is 0 Å². The fraction of sp³-hybridized carbons (Fsp3) is 0.739. The lowest BCUT2D eigenvalue weighted by Crippen LogP contribution is -2.92. The van der Waals surface area contributed by atoms with Gasteiger partial charge in [0.05, 0.1) is 12.7 Å². The number of esters is 1. The highest BCUT2D eigenvalue weighted by Crippen LogP contribution is 2.80. The first kappa shape index (κ1) is 22.3. The average molecular weight is 434 g/mol. The Hall–Kier alpha value is -1.92. The van der Waals surface area contributed by atoms with Gasteiger partial charge in [-0.05, 0) is 31.8 Å². The fourth-order valence-corrected chi connectivity index (χ4v) is 7.32. The summed E-state index contributed by atoms with van der Waals surface area (Å²) in [6.45, 7) is 6.59. The maximum atomic E-state index is 13.6. The highest BCUT2D eigenvalue weighted by molar-refractivity contribution is 5.95. The Morgan fingerprint density at radius 3 is 2.61 bits per heavy atom. The summed E-state index contributed by atoms with van der Waals surface area (Å²) in [4.78, 5) is 24.8. The van der Waals surface area contributed by atoms with Crippen LogP contribution in [0.15, 0.2) is 11.1 Å². The van der Waals surface area contributed by atoms with E-state index in [1.54, 1.807) is 20.8 Å². The van der Waals surface area contributed by atoms with Crippen LogP contribution in [0.4, 0.5) is 0 Å². The maximum Gasteiger partial charge on any atom is 0.302 e. The van der Waals surface area contributed by atoms with E-state index in [9.17, 15) is 24.9 Å². The third-order valence-electron chi connectivity index (χ3n) is 8.80. The lowest BCUT2D eigenvalue weighted by Gasteiger charge is -2.79. The van der Waals surface area contributed by atoms with Crippen molar-refractivity contribution in [3.05, 3.63) is 11.1 Å². The highest BCUT2D eigenvalue weighted by atomic mass is 16.6. The number of aliphatic hydroxyl groups is 3. The number of ketones is 1. The summed E-state index contributed by atoms with van der Waals surface area (Å²) in [7, 11) is 0. The van der Waals surface area contributed by atoms with Crippen LogP contribution in [-0.2, 0) is 23.8 Å². The molecule has 8 heteroatoms. The molecule has 1 saturated heterocycles. The second-order valence-corrected chi connectivity index (χ2v) is 9.80. The Morgan fingerprint density at radius 1 is 1.32 bits per heavy atom. The first-order valence-corrected chi connectivity index (χ1v) is 10.6. The van der Waals surface area contributed by atoms with Crippen molar-refractivity contribution in [2.24, 2.45) is 16.2 Å². The summed E-state index contributed by atoms with van der Waals surface area (Å²) < 4.78 is 16.9. The molecule has 3 aliphatic carbocycles. The number of hydrogen-bond donors (Lipinski definition) is 3. The summed E-state index contributed by atoms with van der Waals surface area (Å²) in [6, 6.07) is 0. The number of hydrogen-bond acceptors (Lipinski definition) is 8. The Kier molecular flexibility index (Phi) is 4.88. The molecule has 1 aliphatic heterocycles. The van der Waals surface area contributed by atoms with Crippen molar-refractivity contribution in [1.29, 1.82) is 0 Å². The van der Waals surface area contributed by atoms with Crippen LogP contribution < -0.4 is 0 Å². The molecule has 1 spiro atoms. The van der Waals surface area contributed by atoms with Gasteiger partial charge in [0.2, 0.25) is 0 Å². The van der Waals surface area contributed by atoms with Crippen LogP contribution in [0.25, 0.3) is 0 Å². The number of terminal acetylenes is 1. The molecule has 8 nitrogen and oxygen atoms in total. The second kappa shape index (κ2) is 6.79. The molecule has 0 aromatic carbocycles. The normalized spacial score (nSPS) is 48.5. The topological polar surface area (TPSA) is 123 Å². The number of carbonyl (C=O) groups is 2. The molecular formula is C23H30O8. The number of carbonyl (C=O) groups excluding carboxylic acids is 2. The number of Topliss-reactive ketones (excluding diaryl/α,β-unsaturated/α-hetero) is 1. The predicted molar refractivity (Wildman–Crippen MR) is 107 cm³/mol. The minimum Gasteiger partial charge on any atom is -0.463 e. The van der Waals surface area contributed by atoms with Crippen LogP contribution >= 0.6 is 0 Å². The van der Waals surface area contributed by atoms with Gasteiger partial charge in [-0.2, -0.15) is 0 Å². The van der Waals surface area contributed by atoms with Gasteiger partial charge >= 0.3 is 5.97 Å². The molecule has 1 heterocycles. The van der Waals surface area contributed by atoms with E-state index in [-0.39, 0.29) is 25.4 Å². The molecule has 0 amide bonds. The van der Waals surface area contributed by atoms with Crippen molar-refractivity contribution in [2.75, 3.05) is 13.2 Å². The van der Waals surface area contributed by atoms with Crippen LogP contribution in [0.1, 0.15) is 47.0 Å². The standard InChI is InChI=1S/C23H30O8/c1-6-31-23-15(25)9-12(2)16-17(26)18(27)20(4)8-7-14(10-29-13(3)24)30-11-22(20,19(23)28)21(16,23)5/h1,14-15,17,19,25-26,28H,7-11H2,2-5H3/t14?,15?,17?,19-,20?,21+,22?,23?/m0/s1. The van der Waals surface area contributed by atoms with Crippen LogP contribution in [0, 0.1) is 28.8 Å². The average Bonchev–Trinajstić information content (AvgIpc) is 2.86. The zero-order chi connectivity index (χ0) is 23.0. The Bertz CT molecular complexity index is 904. The lowest BCUT2D eigenvalue weighted by molar-refractivity contribution is -0.391. The van der Waals surface area contributed by atoms with E-state index in [0.717, 1.165) is 0 Å². The van der Waals surface area contributed by atoms with Crippen molar-refractivity contribution in [1.82, 2.24) is 0 Å². The van der Waals surface area contributed by atoms with Gasteiger partial charge in [-0.3, -0.25) is 9.59 Å². The quantitative estimate of drug-likeness (QED) is 0.333. The largest absolute Gasteiger partial charge is 0.463 e. The van der Waals surface area contributed by atoms with Crippen LogP contribution in [0.2, 0.25) is 0 Å². The molecule has 0 aromatic heterocycles. The Morgan fingerprint density at radius 2 is 2.00 bits per heavy atom. The molecule has 0 radical (unpaired) electrons. The van der Waals surface area contributed by atoms with Crippen molar-refractivity contribution in [2.45, 2.75) is 77.0 Å². The van der Waals surface area contributed by atoms with Crippen molar-refractivity contribution in [3.63, 3.8) is 0 Å². The summed E-state index contributed by atoms with van der Waals surface area (Å²) in [5.41, 5.74) is -3.95. The van der Waals surface area contributed by atoms with E-state index in [4.69, 9.17) is 20.6 Å². The molecule has 6 unspecified atom stereocenters. The molecule has 4 rings (SSSR count). The Labute approximate surface area is 181 Å². The summed E-state index contributed by atoms with van der Waals surface area (Å²) in [5.74, 6) is -0.824. The van der Waals surface area contributed by atoms with Crippen LogP contribution in [0.3, 0.4) is 0 Å². The SMILES string of the molecule is C#COC12C(O)CC(C)=C3C(O)C(=O)C4(C)CCC(COC(C)=O)OCC4([C@@H]1O)[C@@]32C. The third kappa shape index (κ3) is 2.25. The van der Waals surface area contributed by atoms with Crippen molar-refractivity contribution < 1.29 is 39.1 Å². The summed E-state index contributed by atoms with van der Waals surface area (Å²) >= 11 is 0. The molecular weight excluding hydrogens is 404 g/mol. The van der Waals surface area contributed by atoms with Gasteiger partial charge in [-0.1, -0.05) is 25.8 Å². The van der Waals surface area contributed by atoms with E-state index in [1.807, 2.05) is 0 Å². The smallest absolute Gasteiger partial charge is 0.302 e. The zero-order valence-electron chi connectivity index (χ0n) is 18.3. The molecule has 3 fully saturated rings. The van der Waals surface area contributed by atoms with Gasteiger partial charge < -0.3 is 29.5 Å². The number of rotatable bonds is 3. The van der Waals surface area contributed by atoms with E-state index >= 15 is 0 Å². The van der Waals surface area contributed by atoms with E-state index in [0.29, 0.717) is 24.0 Å². The van der Waals surface area contributed by atoms with Gasteiger partial charge in [0.25, 0.3) is 0 Å². The van der Waals surface area contributed by atoms with Crippen LogP contribution in [0.5, 0.6) is 0 Å². The highest BCUT2D eigenvalue weighted by Gasteiger charge is 2.91. The molecule has 31 heavy (non-hydrogen) atoms. The first-order chi connectivity index (χ1) is 14.5. The second-order valence-electron chi connectivity index (χ2n) is 9.80. The lowest BCUT2D eigenvalue weighted by atomic mass is 9.25. The van der Waals surface area contributed by atoms with Crippen molar-refractivity contribution >= 4 is 11.8 Å². The Balaban J connectivity index is 1.89. The number of ether oxygens (including phenoxy) is 3. The molecule has 170 valence electrons. The minimum atomic E-state index is -1.57. The van der Waals surface area contributed by atoms with Gasteiger partial charge in [0.1, 0.15) is 31.0 Å². The number of aliphatic hydroxyl groups excluding tert-OH is 3. The maximum absolute atomic E-state index is 13.6. The predicted octanol–water partition coefficient (Wildman–Crippen LogP) is 0.473. The van der Waals surface area contributed by atoms with E-state index in [1.165, 1.54) is 6.92 Å². The fourth-order valence-electron chi connectivity index (χ4n) is 7.32. The van der Waals surface area contributed by atoms with E-state index < -0.39 is 52.2 Å². The summed E-state index contributed by atoms with van der Waals surface area (Å²) in [6.07, 6.45) is 4.13. The molecule has 0 bridgehead atoms. The third-order valence-corrected chi connectivity index (χ3v) is 8.80. The summed E-state index contributed by atoms with van der Waals surface area (Å²) in [5, 5.41) is 33.8.